The summed E-state index contributed by atoms with van der Waals surface area (Å²) in [5.41, 5.74) is 2.90. The van der Waals surface area contributed by atoms with E-state index >= 15 is 0 Å². The largest absolute Gasteiger partial charge is 0.436 e. The Morgan fingerprint density at radius 1 is 1.13 bits per heavy atom. The van der Waals surface area contributed by atoms with Gasteiger partial charge < -0.3 is 9.32 Å². The summed E-state index contributed by atoms with van der Waals surface area (Å²) in [4.78, 5) is 31.3. The lowest BCUT2D eigenvalue weighted by Crippen LogP contribution is -2.37. The highest BCUT2D eigenvalue weighted by molar-refractivity contribution is 5.94. The Kier molecular flexibility index (Phi) is 5.55. The number of rotatable bonds is 5. The van der Waals surface area contributed by atoms with Crippen molar-refractivity contribution in [3.05, 3.63) is 54.1 Å². The van der Waals surface area contributed by atoms with E-state index in [9.17, 15) is 14.8 Å². The van der Waals surface area contributed by atoms with Crippen LogP contribution in [-0.4, -0.2) is 51.6 Å². The van der Waals surface area contributed by atoms with Crippen LogP contribution in [0.25, 0.3) is 22.6 Å². The minimum absolute atomic E-state index is 0.0200. The van der Waals surface area contributed by atoms with Gasteiger partial charge in [-0.15, -0.1) is 0 Å². The van der Waals surface area contributed by atoms with Gasteiger partial charge in [-0.1, -0.05) is 12.1 Å². The molecule has 1 heterocycles. The number of hydroxylamine groups is 2. The van der Waals surface area contributed by atoms with Gasteiger partial charge in [-0.25, -0.2) is 10.0 Å². The van der Waals surface area contributed by atoms with Crippen molar-refractivity contribution in [2.75, 3.05) is 13.6 Å². The predicted molar refractivity (Wildman–Crippen MR) is 112 cm³/mol. The topological polar surface area (TPSA) is 86.9 Å². The maximum absolute atomic E-state index is 12.9. The molecule has 1 saturated carbocycles. The van der Waals surface area contributed by atoms with Gasteiger partial charge in [0.05, 0.1) is 0 Å². The molecule has 0 radical (unpaired) electrons. The number of fused-ring (bicyclic) bond motifs is 1. The van der Waals surface area contributed by atoms with Crippen LogP contribution in [0.5, 0.6) is 0 Å². The molecular formula is C23H25N3O4. The van der Waals surface area contributed by atoms with Crippen molar-refractivity contribution in [2.24, 2.45) is 5.92 Å². The van der Waals surface area contributed by atoms with E-state index in [0.717, 1.165) is 28.1 Å². The molecule has 0 spiro atoms. The quantitative estimate of drug-likeness (QED) is 0.511. The first kappa shape index (κ1) is 20.1. The van der Waals surface area contributed by atoms with Crippen LogP contribution in [0.1, 0.15) is 36.5 Å². The number of hydrogen-bond acceptors (Lipinski definition) is 5. The average Bonchev–Trinajstić information content (AvgIpc) is 3.44. The minimum Gasteiger partial charge on any atom is -0.436 e. The van der Waals surface area contributed by atoms with Crippen LogP contribution >= 0.6 is 0 Å². The van der Waals surface area contributed by atoms with Crippen LogP contribution in [0.2, 0.25) is 0 Å². The third kappa shape index (κ3) is 3.80. The molecule has 7 nitrogen and oxygen atoms in total. The second-order valence-electron chi connectivity index (χ2n) is 7.70. The van der Waals surface area contributed by atoms with Gasteiger partial charge in [0.2, 0.25) is 11.8 Å². The van der Waals surface area contributed by atoms with Gasteiger partial charge in [-0.3, -0.25) is 14.8 Å². The number of aromatic nitrogens is 1. The number of para-hydroxylation sites is 2. The van der Waals surface area contributed by atoms with Crippen LogP contribution in [0.15, 0.2) is 52.9 Å². The Bertz CT molecular complexity index is 1030. The fraction of sp³-hybridized carbons (Fsp3) is 0.348. The molecule has 1 aromatic heterocycles. The van der Waals surface area contributed by atoms with Crippen LogP contribution < -0.4 is 0 Å². The van der Waals surface area contributed by atoms with E-state index < -0.39 is 0 Å². The Balaban J connectivity index is 1.44. The van der Waals surface area contributed by atoms with Gasteiger partial charge in [0.25, 0.3) is 5.91 Å². The lowest BCUT2D eigenvalue weighted by molar-refractivity contribution is -0.169. The van der Waals surface area contributed by atoms with Gasteiger partial charge in [0.15, 0.2) is 5.58 Å². The fourth-order valence-electron chi connectivity index (χ4n) is 4.02. The molecule has 0 bridgehead atoms. The van der Waals surface area contributed by atoms with E-state index in [4.69, 9.17) is 4.42 Å². The summed E-state index contributed by atoms with van der Waals surface area (Å²) in [5, 5.41) is 10.4. The predicted octanol–water partition coefficient (Wildman–Crippen LogP) is 3.97. The summed E-state index contributed by atoms with van der Waals surface area (Å²) in [6, 6.07) is 14.8. The lowest BCUT2D eigenvalue weighted by Gasteiger charge is -2.25. The van der Waals surface area contributed by atoms with Crippen molar-refractivity contribution in [2.45, 2.75) is 32.2 Å². The molecule has 30 heavy (non-hydrogen) atoms. The van der Waals surface area contributed by atoms with Crippen molar-refractivity contribution in [3.63, 3.8) is 0 Å². The number of carbonyl (C=O) groups is 2. The van der Waals surface area contributed by atoms with E-state index in [1.165, 1.54) is 0 Å². The second-order valence-corrected chi connectivity index (χ2v) is 7.70. The first-order chi connectivity index (χ1) is 14.5. The number of nitrogens with zero attached hydrogens (tertiary/aromatic N) is 3. The van der Waals surface area contributed by atoms with Gasteiger partial charge >= 0.3 is 0 Å². The fourth-order valence-corrected chi connectivity index (χ4v) is 4.02. The number of benzene rings is 2. The highest BCUT2D eigenvalue weighted by Crippen LogP contribution is 2.31. The molecule has 3 aromatic rings. The SMILES string of the molecule is CCN(O)C(=O)[C@H]1CC[C@@H](N(C)C(=O)c2ccc(-c3nc4ccccc4o3)cc2)C1. The van der Waals surface area contributed by atoms with E-state index in [0.29, 0.717) is 24.3 Å². The van der Waals surface area contributed by atoms with Gasteiger partial charge in [0.1, 0.15) is 5.52 Å². The Hall–Kier alpha value is -3.19. The number of amides is 2. The highest BCUT2D eigenvalue weighted by atomic mass is 16.5. The van der Waals surface area contributed by atoms with Crippen LogP contribution in [0.4, 0.5) is 0 Å². The molecule has 156 valence electrons. The van der Waals surface area contributed by atoms with Crippen molar-refractivity contribution in [1.29, 1.82) is 0 Å². The zero-order valence-electron chi connectivity index (χ0n) is 17.1. The van der Waals surface area contributed by atoms with Gasteiger partial charge in [-0.2, -0.15) is 0 Å². The molecule has 1 N–H and O–H groups in total. The van der Waals surface area contributed by atoms with Crippen molar-refractivity contribution in [1.82, 2.24) is 14.9 Å². The molecule has 0 saturated heterocycles. The summed E-state index contributed by atoms with van der Waals surface area (Å²) >= 11 is 0. The maximum Gasteiger partial charge on any atom is 0.253 e. The number of carbonyl (C=O) groups excluding carboxylic acids is 2. The summed E-state index contributed by atoms with van der Waals surface area (Å²) in [7, 11) is 1.77. The molecule has 0 aliphatic heterocycles. The van der Waals surface area contributed by atoms with Crippen molar-refractivity contribution in [3.8, 4) is 11.5 Å². The summed E-state index contributed by atoms with van der Waals surface area (Å²) in [5.74, 6) is -0.0704. The summed E-state index contributed by atoms with van der Waals surface area (Å²) in [6.07, 6.45) is 1.99. The van der Waals surface area contributed by atoms with E-state index in [2.05, 4.69) is 4.98 Å². The normalized spacial score (nSPS) is 18.5. The van der Waals surface area contributed by atoms with Crippen LogP contribution in [0, 0.1) is 5.92 Å². The zero-order valence-corrected chi connectivity index (χ0v) is 17.1. The lowest BCUT2D eigenvalue weighted by atomic mass is 10.1. The summed E-state index contributed by atoms with van der Waals surface area (Å²) < 4.78 is 5.78. The number of oxazole rings is 1. The highest BCUT2D eigenvalue weighted by Gasteiger charge is 2.35. The zero-order chi connectivity index (χ0) is 21.3. The maximum atomic E-state index is 12.9. The van der Waals surface area contributed by atoms with Gasteiger partial charge in [0, 0.05) is 36.7 Å². The number of hydrogen-bond donors (Lipinski definition) is 1. The Morgan fingerprint density at radius 2 is 1.87 bits per heavy atom. The smallest absolute Gasteiger partial charge is 0.253 e. The Morgan fingerprint density at radius 3 is 2.57 bits per heavy atom. The molecule has 7 heteroatoms. The third-order valence-corrected chi connectivity index (χ3v) is 5.85. The molecule has 4 rings (SSSR count). The van der Waals surface area contributed by atoms with Gasteiger partial charge in [-0.05, 0) is 62.6 Å². The molecule has 1 fully saturated rings. The second kappa shape index (κ2) is 8.28. The molecular weight excluding hydrogens is 382 g/mol. The van der Waals surface area contributed by atoms with E-state index in [1.807, 2.05) is 36.4 Å². The molecule has 1 aliphatic rings. The molecule has 2 amide bonds. The molecule has 1 aliphatic carbocycles. The first-order valence-electron chi connectivity index (χ1n) is 10.2. The van der Waals surface area contributed by atoms with Crippen molar-refractivity contribution >= 4 is 22.9 Å². The van der Waals surface area contributed by atoms with Crippen LogP contribution in [-0.2, 0) is 4.79 Å². The standard InChI is InChI=1S/C23H25N3O4/c1-3-26(29)23(28)17-12-13-18(14-17)25(2)22(27)16-10-8-15(9-11-16)21-24-19-6-4-5-7-20(19)30-21/h4-11,17-18,29H,3,12-14H2,1-2H3/t17-,18+/m0/s1. The van der Waals surface area contributed by atoms with Crippen molar-refractivity contribution < 1.29 is 19.2 Å². The third-order valence-electron chi connectivity index (χ3n) is 5.85. The first-order valence-corrected chi connectivity index (χ1v) is 10.2. The van der Waals surface area contributed by atoms with E-state index in [1.54, 1.807) is 31.0 Å². The molecule has 2 aromatic carbocycles. The Labute approximate surface area is 174 Å². The average molecular weight is 407 g/mol. The molecule has 2 atom stereocenters. The van der Waals surface area contributed by atoms with E-state index in [-0.39, 0.29) is 30.3 Å². The molecule has 0 unspecified atom stereocenters. The monoisotopic (exact) mass is 407 g/mol. The van der Waals surface area contributed by atoms with Crippen LogP contribution in [0.3, 0.4) is 0 Å². The minimum atomic E-state index is -0.261. The summed E-state index contributed by atoms with van der Waals surface area (Å²) in [6.45, 7) is 1.99.